The number of aromatic nitrogens is 4. The Bertz CT molecular complexity index is 1780. The van der Waals surface area contributed by atoms with Crippen molar-refractivity contribution in [2.24, 2.45) is 0 Å². The summed E-state index contributed by atoms with van der Waals surface area (Å²) in [7, 11) is 2.02. The standard InChI is InChI=1S/C43H55FN6O3/c1-3-4-5-6-7-8-9-10-11-12-13-14-15-16-17-22-41(51)53-34-52-40-27-30-45-42(47-40)48(2)37-28-31-49(32-29-37)43-46-38-20-18-19-21-39(38)50(43)33-35-23-25-36(44)26-24-35/h4-5,7-8,10-11,13-14,18-21,23-27,30,37,41,51H,3,6,9,12,15-17,22,28-29,31-34H2,1-2H3/b5-4-,8-7-,11-10-,14-13-. The molecule has 10 heteroatoms. The number of piperidine rings is 1. The molecule has 2 aromatic carbocycles. The number of benzene rings is 2. The van der Waals surface area contributed by atoms with Crippen molar-refractivity contribution >= 4 is 22.9 Å². The summed E-state index contributed by atoms with van der Waals surface area (Å²) in [5, 5.41) is 10.3. The first-order chi connectivity index (χ1) is 26.0. The predicted molar refractivity (Wildman–Crippen MR) is 213 cm³/mol. The molecule has 0 spiro atoms. The van der Waals surface area contributed by atoms with Crippen LogP contribution in [0.2, 0.25) is 0 Å². The van der Waals surface area contributed by atoms with Crippen LogP contribution in [0.5, 0.6) is 5.88 Å². The SMILES string of the molecule is CC/C=C\C/C=C\C/C=C\C/C=C\CCCCC(O)OCOc1ccnc(N(C)C2CCN(c3nc4ccccc4n3Cc3ccc(F)cc3)CC2)n1. The maximum absolute atomic E-state index is 13.6. The Hall–Kier alpha value is -4.80. The topological polar surface area (TPSA) is 88.8 Å². The van der Waals surface area contributed by atoms with Crippen LogP contribution in [0.4, 0.5) is 16.3 Å². The lowest BCUT2D eigenvalue weighted by atomic mass is 10.0. The van der Waals surface area contributed by atoms with Gasteiger partial charge in [-0.2, -0.15) is 4.98 Å². The van der Waals surface area contributed by atoms with E-state index in [-0.39, 0.29) is 18.7 Å². The molecule has 9 nitrogen and oxygen atoms in total. The van der Waals surface area contributed by atoms with E-state index in [1.165, 1.54) is 12.1 Å². The fourth-order valence-corrected chi connectivity index (χ4v) is 6.37. The number of hydrogen-bond acceptors (Lipinski definition) is 8. The van der Waals surface area contributed by atoms with E-state index in [4.69, 9.17) is 14.5 Å². The molecule has 0 saturated carbocycles. The third kappa shape index (κ3) is 12.7. The molecule has 5 rings (SSSR count). The summed E-state index contributed by atoms with van der Waals surface area (Å²) in [6.45, 7) is 4.33. The van der Waals surface area contributed by atoms with Crippen molar-refractivity contribution in [3.8, 4) is 5.88 Å². The number of allylic oxidation sites excluding steroid dienone is 8. The number of ether oxygens (including phenoxy) is 2. The van der Waals surface area contributed by atoms with E-state index in [1.54, 1.807) is 12.3 Å². The fraction of sp³-hybridized carbons (Fsp3) is 0.419. The van der Waals surface area contributed by atoms with Gasteiger partial charge in [0.1, 0.15) is 5.82 Å². The molecule has 0 bridgehead atoms. The van der Waals surface area contributed by atoms with E-state index in [0.717, 1.165) is 93.4 Å². The monoisotopic (exact) mass is 722 g/mol. The molecule has 1 aliphatic heterocycles. The quantitative estimate of drug-likeness (QED) is 0.0518. The lowest BCUT2D eigenvalue weighted by Gasteiger charge is -2.37. The van der Waals surface area contributed by atoms with Crippen molar-refractivity contribution in [3.05, 3.63) is 121 Å². The molecule has 53 heavy (non-hydrogen) atoms. The maximum Gasteiger partial charge on any atom is 0.228 e. The molecule has 1 saturated heterocycles. The molecule has 1 unspecified atom stereocenters. The van der Waals surface area contributed by atoms with Crippen LogP contribution >= 0.6 is 0 Å². The summed E-state index contributed by atoms with van der Waals surface area (Å²) in [4.78, 5) is 18.6. The van der Waals surface area contributed by atoms with Crippen molar-refractivity contribution in [1.82, 2.24) is 19.5 Å². The van der Waals surface area contributed by atoms with Gasteiger partial charge < -0.3 is 28.9 Å². The molecular formula is C43H55FN6O3. The molecule has 0 aliphatic carbocycles. The van der Waals surface area contributed by atoms with Crippen LogP contribution in [0.25, 0.3) is 11.0 Å². The molecule has 0 amide bonds. The Morgan fingerprint density at radius 2 is 1.58 bits per heavy atom. The van der Waals surface area contributed by atoms with Crippen molar-refractivity contribution in [1.29, 1.82) is 0 Å². The van der Waals surface area contributed by atoms with E-state index < -0.39 is 6.29 Å². The van der Waals surface area contributed by atoms with E-state index in [1.807, 2.05) is 37.4 Å². The molecule has 1 aliphatic rings. The van der Waals surface area contributed by atoms with Crippen molar-refractivity contribution < 1.29 is 19.0 Å². The molecule has 282 valence electrons. The van der Waals surface area contributed by atoms with Crippen molar-refractivity contribution in [2.45, 2.75) is 90.0 Å². The molecule has 3 heterocycles. The van der Waals surface area contributed by atoms with Crippen LogP contribution < -0.4 is 14.5 Å². The molecule has 2 aromatic heterocycles. The van der Waals surface area contributed by atoms with Crippen LogP contribution in [0.15, 0.2) is 109 Å². The summed E-state index contributed by atoms with van der Waals surface area (Å²) in [6.07, 6.45) is 27.6. The van der Waals surface area contributed by atoms with Crippen molar-refractivity contribution in [2.75, 3.05) is 36.7 Å². The molecule has 4 aromatic rings. The van der Waals surface area contributed by atoms with Gasteiger partial charge in [-0.15, -0.1) is 0 Å². The van der Waals surface area contributed by atoms with Crippen molar-refractivity contribution in [3.63, 3.8) is 0 Å². The zero-order valence-corrected chi connectivity index (χ0v) is 31.3. The predicted octanol–water partition coefficient (Wildman–Crippen LogP) is 9.16. The van der Waals surface area contributed by atoms with Gasteiger partial charge in [0.15, 0.2) is 13.1 Å². The number of fused-ring (bicyclic) bond motifs is 1. The van der Waals surface area contributed by atoms with E-state index >= 15 is 0 Å². The number of imidazole rings is 1. The number of unbranched alkanes of at least 4 members (excludes halogenated alkanes) is 2. The summed E-state index contributed by atoms with van der Waals surface area (Å²) in [5.41, 5.74) is 3.03. The smallest absolute Gasteiger partial charge is 0.228 e. The minimum Gasteiger partial charge on any atom is -0.450 e. The van der Waals surface area contributed by atoms with Crippen LogP contribution in [0.1, 0.15) is 76.7 Å². The Balaban J connectivity index is 0.997. The Morgan fingerprint density at radius 1 is 0.887 bits per heavy atom. The van der Waals surface area contributed by atoms with E-state index in [2.05, 4.69) is 85.9 Å². The summed E-state index contributed by atoms with van der Waals surface area (Å²) in [6, 6.07) is 16.8. The second kappa shape index (κ2) is 21.7. The highest BCUT2D eigenvalue weighted by Crippen LogP contribution is 2.28. The van der Waals surface area contributed by atoms with Gasteiger partial charge in [-0.05, 0) is 94.0 Å². The number of aliphatic hydroxyl groups is 1. The highest BCUT2D eigenvalue weighted by atomic mass is 19.1. The van der Waals surface area contributed by atoms with Gasteiger partial charge >= 0.3 is 0 Å². The Kier molecular flexibility index (Phi) is 16.1. The van der Waals surface area contributed by atoms with Gasteiger partial charge in [0, 0.05) is 38.4 Å². The number of nitrogens with zero attached hydrogens (tertiary/aromatic N) is 6. The first-order valence-electron chi connectivity index (χ1n) is 19.0. The summed E-state index contributed by atoms with van der Waals surface area (Å²) in [5.74, 6) is 1.68. The second-order valence-corrected chi connectivity index (χ2v) is 13.3. The number of rotatable bonds is 21. The first kappa shape index (κ1) is 39.4. The summed E-state index contributed by atoms with van der Waals surface area (Å²) >= 11 is 0. The highest BCUT2D eigenvalue weighted by molar-refractivity contribution is 5.79. The molecule has 1 fully saturated rings. The van der Waals surface area contributed by atoms with Crippen LogP contribution in [0, 0.1) is 5.82 Å². The fourth-order valence-electron chi connectivity index (χ4n) is 6.37. The number of anilines is 2. The number of aliphatic hydroxyl groups excluding tert-OH is 1. The van der Waals surface area contributed by atoms with Gasteiger partial charge in [0.25, 0.3) is 0 Å². The third-order valence-corrected chi connectivity index (χ3v) is 9.37. The van der Waals surface area contributed by atoms with E-state index in [9.17, 15) is 9.50 Å². The van der Waals surface area contributed by atoms with Gasteiger partial charge in [0.2, 0.25) is 17.8 Å². The number of hydrogen-bond donors (Lipinski definition) is 1. The largest absolute Gasteiger partial charge is 0.450 e. The van der Waals surface area contributed by atoms with Gasteiger partial charge in [-0.3, -0.25) is 0 Å². The number of halogens is 1. The lowest BCUT2D eigenvalue weighted by Crippen LogP contribution is -2.44. The first-order valence-corrected chi connectivity index (χ1v) is 19.0. The van der Waals surface area contributed by atoms with Crippen LogP contribution in [0.3, 0.4) is 0 Å². The maximum atomic E-state index is 13.6. The molecule has 1 atom stereocenters. The number of para-hydroxylation sites is 2. The van der Waals surface area contributed by atoms with Gasteiger partial charge in [-0.1, -0.05) is 79.8 Å². The molecular weight excluding hydrogens is 668 g/mol. The average molecular weight is 723 g/mol. The molecule has 0 radical (unpaired) electrons. The minimum atomic E-state index is -0.884. The third-order valence-electron chi connectivity index (χ3n) is 9.37. The zero-order chi connectivity index (χ0) is 37.1. The van der Waals surface area contributed by atoms with Gasteiger partial charge in [0.05, 0.1) is 17.6 Å². The van der Waals surface area contributed by atoms with Crippen LogP contribution in [-0.4, -0.2) is 63.9 Å². The minimum absolute atomic E-state index is 0.0878. The normalized spacial score (nSPS) is 14.8. The second-order valence-electron chi connectivity index (χ2n) is 13.3. The zero-order valence-electron chi connectivity index (χ0n) is 31.3. The van der Waals surface area contributed by atoms with E-state index in [0.29, 0.717) is 24.8 Å². The Labute approximate surface area is 314 Å². The Morgan fingerprint density at radius 3 is 2.32 bits per heavy atom. The van der Waals surface area contributed by atoms with Crippen LogP contribution in [-0.2, 0) is 11.3 Å². The summed E-state index contributed by atoms with van der Waals surface area (Å²) < 4.78 is 27.0. The average Bonchev–Trinajstić information content (AvgIpc) is 3.55. The highest BCUT2D eigenvalue weighted by Gasteiger charge is 2.27. The lowest BCUT2D eigenvalue weighted by molar-refractivity contribution is -0.146. The van der Waals surface area contributed by atoms with Gasteiger partial charge in [-0.25, -0.2) is 14.4 Å². The molecule has 1 N–H and O–H groups in total.